The highest BCUT2D eigenvalue weighted by Gasteiger charge is 2.17. The van der Waals surface area contributed by atoms with Crippen LogP contribution in [0.25, 0.3) is 0 Å². The molecule has 0 aliphatic carbocycles. The number of carbonyl (C=O) groups is 2. The number of esters is 2. The quantitative estimate of drug-likeness (QED) is 0.503. The van der Waals surface area contributed by atoms with E-state index in [1.807, 2.05) is 6.92 Å². The number of rotatable bonds is 0. The van der Waals surface area contributed by atoms with Gasteiger partial charge in [-0.25, -0.2) is 0 Å². The first-order valence-electron chi connectivity index (χ1n) is 7.93. The smallest absolute Gasteiger partial charge is 0.317 e. The molecule has 20 heavy (non-hydrogen) atoms. The summed E-state index contributed by atoms with van der Waals surface area (Å²) in [6, 6.07) is 0. The molecule has 0 aromatic heterocycles. The molecule has 4 heteroatoms. The van der Waals surface area contributed by atoms with Crippen LogP contribution < -0.4 is 0 Å². The Kier molecular flexibility index (Phi) is 8.31. The molecule has 1 heterocycles. The second kappa shape index (κ2) is 9.78. The summed E-state index contributed by atoms with van der Waals surface area (Å²) < 4.78 is 10.3. The summed E-state index contributed by atoms with van der Waals surface area (Å²) in [7, 11) is 0. The van der Waals surface area contributed by atoms with Gasteiger partial charge >= 0.3 is 11.9 Å². The SMILES string of the molecule is CC1CCCCCCCCOC(=O)CC(=O)OC(C)C1. The number of ether oxygens (including phenoxy) is 2. The van der Waals surface area contributed by atoms with Crippen LogP contribution in [-0.4, -0.2) is 24.6 Å². The first-order chi connectivity index (χ1) is 9.58. The maximum atomic E-state index is 11.6. The van der Waals surface area contributed by atoms with Gasteiger partial charge in [0.1, 0.15) is 6.42 Å². The van der Waals surface area contributed by atoms with E-state index in [9.17, 15) is 9.59 Å². The maximum Gasteiger partial charge on any atom is 0.317 e. The monoisotopic (exact) mass is 284 g/mol. The van der Waals surface area contributed by atoms with Gasteiger partial charge in [-0.1, -0.05) is 45.4 Å². The highest BCUT2D eigenvalue weighted by molar-refractivity contribution is 5.91. The Labute approximate surface area is 122 Å². The second-order valence-electron chi connectivity index (χ2n) is 5.95. The summed E-state index contributed by atoms with van der Waals surface area (Å²) in [5, 5.41) is 0. The Bertz CT molecular complexity index is 301. The second-order valence-corrected chi connectivity index (χ2v) is 5.95. The van der Waals surface area contributed by atoms with Crippen LogP contribution >= 0.6 is 0 Å². The molecule has 1 aliphatic heterocycles. The van der Waals surface area contributed by atoms with Gasteiger partial charge in [0, 0.05) is 0 Å². The van der Waals surface area contributed by atoms with Crippen LogP contribution in [-0.2, 0) is 19.1 Å². The standard InChI is InChI=1S/C16H28O4/c1-13-9-7-5-3-4-6-8-10-19-15(17)12-16(18)20-14(2)11-13/h13-14H,3-12H2,1-2H3. The van der Waals surface area contributed by atoms with E-state index < -0.39 is 11.9 Å². The number of cyclic esters (lactones) is 2. The van der Waals surface area contributed by atoms with E-state index in [1.165, 1.54) is 32.1 Å². The van der Waals surface area contributed by atoms with Crippen LogP contribution in [0.4, 0.5) is 0 Å². The minimum atomic E-state index is -0.471. The molecule has 0 aromatic carbocycles. The van der Waals surface area contributed by atoms with Gasteiger partial charge in [-0.3, -0.25) is 9.59 Å². The number of carbonyl (C=O) groups excluding carboxylic acids is 2. The van der Waals surface area contributed by atoms with Crippen molar-refractivity contribution in [2.45, 2.75) is 77.7 Å². The summed E-state index contributed by atoms with van der Waals surface area (Å²) in [6.07, 6.45) is 8.59. The van der Waals surface area contributed by atoms with Crippen molar-refractivity contribution in [2.24, 2.45) is 5.92 Å². The van der Waals surface area contributed by atoms with Gasteiger partial charge in [-0.2, -0.15) is 0 Å². The van der Waals surface area contributed by atoms with E-state index in [4.69, 9.17) is 9.47 Å². The third kappa shape index (κ3) is 8.18. The van der Waals surface area contributed by atoms with Gasteiger partial charge in [0.2, 0.25) is 0 Å². The van der Waals surface area contributed by atoms with Gasteiger partial charge in [-0.15, -0.1) is 0 Å². The molecule has 0 spiro atoms. The lowest BCUT2D eigenvalue weighted by atomic mass is 9.97. The fraction of sp³-hybridized carbons (Fsp3) is 0.875. The Morgan fingerprint density at radius 3 is 2.30 bits per heavy atom. The van der Waals surface area contributed by atoms with Gasteiger partial charge in [-0.05, 0) is 25.7 Å². The molecule has 1 saturated heterocycles. The van der Waals surface area contributed by atoms with E-state index in [0.717, 1.165) is 19.3 Å². The van der Waals surface area contributed by atoms with Crippen molar-refractivity contribution in [2.75, 3.05) is 6.61 Å². The van der Waals surface area contributed by atoms with Crippen molar-refractivity contribution >= 4 is 11.9 Å². The highest BCUT2D eigenvalue weighted by Crippen LogP contribution is 2.18. The first kappa shape index (κ1) is 17.0. The average molecular weight is 284 g/mol. The predicted molar refractivity (Wildman–Crippen MR) is 77.2 cm³/mol. The topological polar surface area (TPSA) is 52.6 Å². The zero-order valence-corrected chi connectivity index (χ0v) is 12.9. The molecule has 1 aliphatic rings. The van der Waals surface area contributed by atoms with Gasteiger partial charge < -0.3 is 9.47 Å². The lowest BCUT2D eigenvalue weighted by Gasteiger charge is -2.18. The third-order valence-electron chi connectivity index (χ3n) is 3.71. The Hall–Kier alpha value is -1.06. The summed E-state index contributed by atoms with van der Waals surface area (Å²) in [5.41, 5.74) is 0. The van der Waals surface area contributed by atoms with Crippen molar-refractivity contribution in [3.63, 3.8) is 0 Å². The Morgan fingerprint density at radius 2 is 1.55 bits per heavy atom. The first-order valence-corrected chi connectivity index (χ1v) is 7.93. The maximum absolute atomic E-state index is 11.6. The fourth-order valence-corrected chi connectivity index (χ4v) is 2.66. The normalized spacial score (nSPS) is 28.5. The van der Waals surface area contributed by atoms with Crippen LogP contribution in [0.3, 0.4) is 0 Å². The predicted octanol–water partition coefficient (Wildman–Crippen LogP) is 3.62. The minimum Gasteiger partial charge on any atom is -0.465 e. The number of hydrogen-bond acceptors (Lipinski definition) is 4. The molecule has 2 atom stereocenters. The van der Waals surface area contributed by atoms with Crippen molar-refractivity contribution < 1.29 is 19.1 Å². The average Bonchev–Trinajstić information content (AvgIpc) is 2.34. The molecule has 1 rings (SSSR count). The van der Waals surface area contributed by atoms with Gasteiger partial charge in [0.05, 0.1) is 12.7 Å². The molecular formula is C16H28O4. The van der Waals surface area contributed by atoms with E-state index >= 15 is 0 Å². The molecule has 0 amide bonds. The zero-order valence-electron chi connectivity index (χ0n) is 12.9. The lowest BCUT2D eigenvalue weighted by molar-refractivity contribution is -0.157. The van der Waals surface area contributed by atoms with E-state index in [-0.39, 0.29) is 12.5 Å². The highest BCUT2D eigenvalue weighted by atomic mass is 16.6. The van der Waals surface area contributed by atoms with E-state index in [0.29, 0.717) is 12.5 Å². The molecule has 2 unspecified atom stereocenters. The molecule has 116 valence electrons. The lowest BCUT2D eigenvalue weighted by Crippen LogP contribution is -2.21. The summed E-state index contributed by atoms with van der Waals surface area (Å²) in [4.78, 5) is 23.0. The zero-order chi connectivity index (χ0) is 14.8. The molecule has 0 N–H and O–H groups in total. The van der Waals surface area contributed by atoms with Gasteiger partial charge in [0.15, 0.2) is 0 Å². The van der Waals surface area contributed by atoms with Crippen LogP contribution in [0.1, 0.15) is 71.6 Å². The van der Waals surface area contributed by atoms with E-state index in [2.05, 4.69) is 6.92 Å². The number of hydrogen-bond donors (Lipinski definition) is 0. The third-order valence-corrected chi connectivity index (χ3v) is 3.71. The molecule has 0 radical (unpaired) electrons. The van der Waals surface area contributed by atoms with E-state index in [1.54, 1.807) is 0 Å². The van der Waals surface area contributed by atoms with Crippen LogP contribution in [0.2, 0.25) is 0 Å². The summed E-state index contributed by atoms with van der Waals surface area (Å²) in [5.74, 6) is -0.387. The van der Waals surface area contributed by atoms with Crippen LogP contribution in [0, 0.1) is 5.92 Å². The van der Waals surface area contributed by atoms with Crippen molar-refractivity contribution in [1.82, 2.24) is 0 Å². The molecule has 1 fully saturated rings. The molecule has 0 saturated carbocycles. The summed E-state index contributed by atoms with van der Waals surface area (Å²) in [6.45, 7) is 4.50. The van der Waals surface area contributed by atoms with Crippen LogP contribution in [0.15, 0.2) is 0 Å². The molecular weight excluding hydrogens is 256 g/mol. The molecule has 4 nitrogen and oxygen atoms in total. The molecule has 0 bridgehead atoms. The largest absolute Gasteiger partial charge is 0.465 e. The van der Waals surface area contributed by atoms with Crippen LogP contribution in [0.5, 0.6) is 0 Å². The van der Waals surface area contributed by atoms with Gasteiger partial charge in [0.25, 0.3) is 0 Å². The van der Waals surface area contributed by atoms with Crippen molar-refractivity contribution in [3.05, 3.63) is 0 Å². The molecule has 0 aromatic rings. The Morgan fingerprint density at radius 1 is 0.900 bits per heavy atom. The Balaban J connectivity index is 2.42. The minimum absolute atomic E-state index is 0.127. The van der Waals surface area contributed by atoms with Crippen molar-refractivity contribution in [1.29, 1.82) is 0 Å². The van der Waals surface area contributed by atoms with Crippen molar-refractivity contribution in [3.8, 4) is 0 Å². The summed E-state index contributed by atoms with van der Waals surface area (Å²) >= 11 is 0. The fourth-order valence-electron chi connectivity index (χ4n) is 2.66.